The number of fused-ring (bicyclic) bond motifs is 1. The summed E-state index contributed by atoms with van der Waals surface area (Å²) >= 11 is 0. The van der Waals surface area contributed by atoms with Crippen LogP contribution in [0.2, 0.25) is 0 Å². The Morgan fingerprint density at radius 1 is 1.22 bits per heavy atom. The first-order chi connectivity index (χ1) is 15.6. The van der Waals surface area contributed by atoms with E-state index in [1.54, 1.807) is 6.20 Å². The summed E-state index contributed by atoms with van der Waals surface area (Å²) in [7, 11) is 0. The molecule has 10 heteroatoms. The second-order valence-corrected chi connectivity index (χ2v) is 8.70. The van der Waals surface area contributed by atoms with E-state index in [0.717, 1.165) is 50.5 Å². The molecular formula is C22H27FN8O. The molecule has 5 rings (SSSR count). The second kappa shape index (κ2) is 8.68. The molecule has 0 radical (unpaired) electrons. The van der Waals surface area contributed by atoms with Gasteiger partial charge in [-0.1, -0.05) is 0 Å². The summed E-state index contributed by atoms with van der Waals surface area (Å²) in [5.41, 5.74) is 1.16. The first-order valence-electron chi connectivity index (χ1n) is 11.2. The van der Waals surface area contributed by atoms with E-state index in [0.29, 0.717) is 17.2 Å². The van der Waals surface area contributed by atoms with Gasteiger partial charge in [-0.3, -0.25) is 5.10 Å². The lowest BCUT2D eigenvalue weighted by Crippen LogP contribution is -2.48. The van der Waals surface area contributed by atoms with Crippen molar-refractivity contribution in [1.29, 1.82) is 0 Å². The lowest BCUT2D eigenvalue weighted by atomic mass is 9.91. The molecule has 1 saturated carbocycles. The first kappa shape index (κ1) is 20.6. The number of hydrogen-bond acceptors (Lipinski definition) is 6. The number of nitrogens with zero attached hydrogens (tertiary/aromatic N) is 5. The van der Waals surface area contributed by atoms with Gasteiger partial charge < -0.3 is 15.5 Å². The molecule has 0 bridgehead atoms. The number of anilines is 1. The quantitative estimate of drug-likeness (QED) is 0.575. The molecule has 1 saturated heterocycles. The van der Waals surface area contributed by atoms with Gasteiger partial charge in [-0.15, -0.1) is 0 Å². The minimum absolute atomic E-state index is 0.0101. The van der Waals surface area contributed by atoms with Gasteiger partial charge in [0.1, 0.15) is 5.69 Å². The van der Waals surface area contributed by atoms with Crippen molar-refractivity contribution in [3.63, 3.8) is 0 Å². The molecule has 2 amide bonds. The fourth-order valence-electron chi connectivity index (χ4n) is 4.75. The van der Waals surface area contributed by atoms with Crippen LogP contribution >= 0.6 is 0 Å². The van der Waals surface area contributed by atoms with Crippen LogP contribution in [0.4, 0.5) is 15.0 Å². The third kappa shape index (κ3) is 4.09. The zero-order chi connectivity index (χ0) is 22.1. The molecule has 2 fully saturated rings. The normalized spacial score (nSPS) is 23.4. The number of halogens is 1. The van der Waals surface area contributed by atoms with Crippen LogP contribution in [0.3, 0.4) is 0 Å². The Hall–Kier alpha value is -3.30. The predicted octanol–water partition coefficient (Wildman–Crippen LogP) is 3.47. The Bertz CT molecular complexity index is 1120. The van der Waals surface area contributed by atoms with E-state index >= 15 is 0 Å². The summed E-state index contributed by atoms with van der Waals surface area (Å²) in [6, 6.07) is 4.06. The van der Waals surface area contributed by atoms with Gasteiger partial charge in [-0.05, 0) is 57.6 Å². The van der Waals surface area contributed by atoms with E-state index in [4.69, 9.17) is 0 Å². The third-order valence-corrected chi connectivity index (χ3v) is 6.45. The summed E-state index contributed by atoms with van der Waals surface area (Å²) in [6.07, 6.45) is 8.44. The highest BCUT2D eigenvalue weighted by Crippen LogP contribution is 2.27. The standard InChI is InChI=1S/C22H27FN8O/c1-13-5-4-10-31(13)22(32)27-15-7-2-6-14(11-15)26-20-17(23)12-25-21(28-20)18-16-8-3-9-24-19(16)30-29-18/h3,8-9,12-15H,2,4-7,10-11H2,1H3,(H,27,32)(H,24,29,30)(H,25,26,28)/t13-,14?,15?/m1/s1. The molecule has 2 unspecified atom stereocenters. The Balaban J connectivity index is 1.28. The summed E-state index contributed by atoms with van der Waals surface area (Å²) in [5, 5.41) is 14.3. The number of amides is 2. The van der Waals surface area contributed by atoms with E-state index in [1.807, 2.05) is 17.0 Å². The molecule has 1 aliphatic heterocycles. The number of aromatic amines is 1. The van der Waals surface area contributed by atoms with Crippen LogP contribution in [0.5, 0.6) is 0 Å². The van der Waals surface area contributed by atoms with Gasteiger partial charge >= 0.3 is 6.03 Å². The number of pyridine rings is 1. The molecule has 3 N–H and O–H groups in total. The van der Waals surface area contributed by atoms with Crippen LogP contribution < -0.4 is 10.6 Å². The molecule has 32 heavy (non-hydrogen) atoms. The van der Waals surface area contributed by atoms with Crippen molar-refractivity contribution in [2.75, 3.05) is 11.9 Å². The predicted molar refractivity (Wildman–Crippen MR) is 118 cm³/mol. The maximum Gasteiger partial charge on any atom is 0.317 e. The molecule has 4 heterocycles. The van der Waals surface area contributed by atoms with Gasteiger partial charge in [0, 0.05) is 36.3 Å². The van der Waals surface area contributed by atoms with E-state index in [-0.39, 0.29) is 30.0 Å². The average molecular weight is 439 g/mol. The van der Waals surface area contributed by atoms with Crippen LogP contribution in [0, 0.1) is 5.82 Å². The van der Waals surface area contributed by atoms with E-state index in [1.165, 1.54) is 6.20 Å². The monoisotopic (exact) mass is 438 g/mol. The Kier molecular flexibility index (Phi) is 5.59. The summed E-state index contributed by atoms with van der Waals surface area (Å²) < 4.78 is 14.5. The molecular weight excluding hydrogens is 411 g/mol. The summed E-state index contributed by atoms with van der Waals surface area (Å²) in [5.74, 6) is 0.00705. The Morgan fingerprint density at radius 2 is 2.09 bits per heavy atom. The minimum Gasteiger partial charge on any atom is -0.365 e. The van der Waals surface area contributed by atoms with Crippen LogP contribution in [0.1, 0.15) is 45.4 Å². The lowest BCUT2D eigenvalue weighted by molar-refractivity contribution is 0.187. The van der Waals surface area contributed by atoms with Gasteiger partial charge in [0.05, 0.1) is 6.20 Å². The summed E-state index contributed by atoms with van der Waals surface area (Å²) in [6.45, 7) is 2.90. The smallest absolute Gasteiger partial charge is 0.317 e. The van der Waals surface area contributed by atoms with Crippen molar-refractivity contribution < 1.29 is 9.18 Å². The molecule has 2 aliphatic rings. The number of urea groups is 1. The van der Waals surface area contributed by atoms with Gasteiger partial charge in [0.15, 0.2) is 23.1 Å². The van der Waals surface area contributed by atoms with Crippen molar-refractivity contribution in [1.82, 2.24) is 35.4 Å². The number of likely N-dealkylation sites (tertiary alicyclic amines) is 1. The van der Waals surface area contributed by atoms with E-state index in [2.05, 4.69) is 42.7 Å². The molecule has 1 aliphatic carbocycles. The van der Waals surface area contributed by atoms with E-state index < -0.39 is 5.82 Å². The fourth-order valence-corrected chi connectivity index (χ4v) is 4.75. The largest absolute Gasteiger partial charge is 0.365 e. The Labute approximate surface area is 185 Å². The van der Waals surface area contributed by atoms with Crippen LogP contribution in [0.25, 0.3) is 22.6 Å². The maximum atomic E-state index is 14.5. The highest BCUT2D eigenvalue weighted by Gasteiger charge is 2.29. The van der Waals surface area contributed by atoms with Crippen molar-refractivity contribution in [3.05, 3.63) is 30.3 Å². The first-order valence-corrected chi connectivity index (χ1v) is 11.2. The van der Waals surface area contributed by atoms with E-state index in [9.17, 15) is 9.18 Å². The number of rotatable bonds is 4. The number of H-pyrrole nitrogens is 1. The van der Waals surface area contributed by atoms with Gasteiger partial charge in [0.2, 0.25) is 0 Å². The van der Waals surface area contributed by atoms with Crippen LogP contribution in [-0.4, -0.2) is 60.8 Å². The highest BCUT2D eigenvalue weighted by molar-refractivity contribution is 5.88. The number of nitrogens with one attached hydrogen (secondary N) is 3. The zero-order valence-corrected chi connectivity index (χ0v) is 18.0. The SMILES string of the molecule is C[C@@H]1CCCN1C(=O)NC1CCCC(Nc2nc(-c3[nH]nc4ncccc34)ncc2F)C1. The van der Waals surface area contributed by atoms with Crippen LogP contribution in [-0.2, 0) is 0 Å². The fraction of sp³-hybridized carbons (Fsp3) is 0.500. The number of aromatic nitrogens is 5. The lowest BCUT2D eigenvalue weighted by Gasteiger charge is -2.32. The number of carbonyl (C=O) groups is 1. The van der Waals surface area contributed by atoms with Crippen molar-refractivity contribution in [2.45, 2.75) is 63.6 Å². The van der Waals surface area contributed by atoms with Gasteiger partial charge in [0.25, 0.3) is 0 Å². The molecule has 9 nitrogen and oxygen atoms in total. The highest BCUT2D eigenvalue weighted by atomic mass is 19.1. The minimum atomic E-state index is -0.507. The molecule has 3 aromatic rings. The third-order valence-electron chi connectivity index (χ3n) is 6.45. The van der Waals surface area contributed by atoms with Gasteiger partial charge in [-0.25, -0.2) is 24.1 Å². The second-order valence-electron chi connectivity index (χ2n) is 8.70. The zero-order valence-electron chi connectivity index (χ0n) is 18.0. The average Bonchev–Trinajstić information content (AvgIpc) is 3.42. The van der Waals surface area contributed by atoms with Crippen molar-refractivity contribution >= 4 is 22.9 Å². The number of carbonyl (C=O) groups excluding carboxylic acids is 1. The Morgan fingerprint density at radius 3 is 2.94 bits per heavy atom. The molecule has 0 spiro atoms. The molecule has 3 atom stereocenters. The maximum absolute atomic E-state index is 14.5. The molecule has 168 valence electrons. The molecule has 0 aromatic carbocycles. The topological polar surface area (TPSA) is 112 Å². The van der Waals surface area contributed by atoms with Gasteiger partial charge in [-0.2, -0.15) is 5.10 Å². The number of hydrogen-bond donors (Lipinski definition) is 3. The molecule has 3 aromatic heterocycles. The van der Waals surface area contributed by atoms with Crippen LogP contribution in [0.15, 0.2) is 24.5 Å². The summed E-state index contributed by atoms with van der Waals surface area (Å²) in [4.78, 5) is 27.3. The van der Waals surface area contributed by atoms with Crippen molar-refractivity contribution in [2.24, 2.45) is 0 Å². The van der Waals surface area contributed by atoms with Crippen molar-refractivity contribution in [3.8, 4) is 11.5 Å².